The lowest BCUT2D eigenvalue weighted by molar-refractivity contribution is -0.122. The van der Waals surface area contributed by atoms with E-state index < -0.39 is 9.84 Å². The van der Waals surface area contributed by atoms with E-state index in [4.69, 9.17) is 0 Å². The average Bonchev–Trinajstić information content (AvgIpc) is 2.88. The molecule has 1 N–H and O–H groups in total. The number of likely N-dealkylation sites (N-methyl/N-ethyl adjacent to an activating group) is 1. The van der Waals surface area contributed by atoms with Crippen LogP contribution in [0.25, 0.3) is 0 Å². The van der Waals surface area contributed by atoms with Crippen molar-refractivity contribution in [2.75, 3.05) is 31.6 Å². The predicted octanol–water partition coefficient (Wildman–Crippen LogP) is 1.48. The molecule has 25 heavy (non-hydrogen) atoms. The van der Waals surface area contributed by atoms with Gasteiger partial charge in [-0.25, -0.2) is 12.8 Å². The van der Waals surface area contributed by atoms with E-state index in [-0.39, 0.29) is 41.2 Å². The Hall–Kier alpha value is -1.47. The topological polar surface area (TPSA) is 66.5 Å². The van der Waals surface area contributed by atoms with Crippen molar-refractivity contribution in [2.45, 2.75) is 37.1 Å². The molecule has 138 valence electrons. The number of carbonyl (C=O) groups excluding carboxylic acids is 1. The third-order valence-electron chi connectivity index (χ3n) is 5.62. The van der Waals surface area contributed by atoms with Crippen molar-refractivity contribution in [3.8, 4) is 0 Å². The summed E-state index contributed by atoms with van der Waals surface area (Å²) in [6.45, 7) is 0.730. The first-order chi connectivity index (χ1) is 11.8. The SMILES string of the molecule is CN(CC(=O)NCC1(c2ccc(F)cc2)CCC1)[C@@H]1CCS(=O)(=O)C1. The van der Waals surface area contributed by atoms with Gasteiger partial charge in [-0.15, -0.1) is 0 Å². The van der Waals surface area contributed by atoms with Crippen molar-refractivity contribution in [3.05, 3.63) is 35.6 Å². The lowest BCUT2D eigenvalue weighted by Gasteiger charge is -2.42. The first-order valence-electron chi connectivity index (χ1n) is 8.73. The van der Waals surface area contributed by atoms with E-state index in [1.807, 2.05) is 4.90 Å². The van der Waals surface area contributed by atoms with Crippen LogP contribution in [0.3, 0.4) is 0 Å². The van der Waals surface area contributed by atoms with Gasteiger partial charge in [0.25, 0.3) is 0 Å². The second-order valence-electron chi connectivity index (χ2n) is 7.39. The minimum Gasteiger partial charge on any atom is -0.354 e. The molecule has 0 spiro atoms. The lowest BCUT2D eigenvalue weighted by atomic mass is 9.64. The third kappa shape index (κ3) is 4.20. The predicted molar refractivity (Wildman–Crippen MR) is 94.6 cm³/mol. The third-order valence-corrected chi connectivity index (χ3v) is 7.37. The van der Waals surface area contributed by atoms with E-state index in [0.717, 1.165) is 24.8 Å². The highest BCUT2D eigenvalue weighted by molar-refractivity contribution is 7.91. The van der Waals surface area contributed by atoms with Crippen LogP contribution in [0.4, 0.5) is 4.39 Å². The minimum atomic E-state index is -2.95. The standard InChI is InChI=1S/C18H25FN2O3S/c1-21(16-7-10-25(23,24)12-16)11-17(22)20-13-18(8-2-9-18)14-3-5-15(19)6-4-14/h3-6,16H,2,7-13H2,1H3,(H,20,22)/t16-/m1/s1. The molecular formula is C18H25FN2O3S. The van der Waals surface area contributed by atoms with Gasteiger partial charge >= 0.3 is 0 Å². The molecule has 0 bridgehead atoms. The Morgan fingerprint density at radius 3 is 2.52 bits per heavy atom. The quantitative estimate of drug-likeness (QED) is 0.826. The summed E-state index contributed by atoms with van der Waals surface area (Å²) in [6, 6.07) is 6.45. The zero-order chi connectivity index (χ0) is 18.1. The fraction of sp³-hybridized carbons (Fsp3) is 0.611. The monoisotopic (exact) mass is 368 g/mol. The van der Waals surface area contributed by atoms with E-state index in [1.54, 1.807) is 19.2 Å². The van der Waals surface area contributed by atoms with Gasteiger partial charge in [0.1, 0.15) is 5.82 Å². The molecule has 2 fully saturated rings. The number of carbonyl (C=O) groups is 1. The van der Waals surface area contributed by atoms with Crippen LogP contribution in [0.2, 0.25) is 0 Å². The van der Waals surface area contributed by atoms with E-state index in [1.165, 1.54) is 12.1 Å². The van der Waals surface area contributed by atoms with Crippen LogP contribution in [-0.2, 0) is 20.0 Å². The molecule has 1 amide bonds. The van der Waals surface area contributed by atoms with Crippen LogP contribution >= 0.6 is 0 Å². The molecule has 1 saturated carbocycles. The number of amides is 1. The molecule has 1 aromatic carbocycles. The van der Waals surface area contributed by atoms with Crippen LogP contribution in [-0.4, -0.2) is 56.9 Å². The Balaban J connectivity index is 1.53. The second-order valence-corrected chi connectivity index (χ2v) is 9.62. The van der Waals surface area contributed by atoms with Crippen molar-refractivity contribution < 1.29 is 17.6 Å². The Labute approximate surface area is 148 Å². The van der Waals surface area contributed by atoms with Crippen molar-refractivity contribution in [1.29, 1.82) is 0 Å². The summed E-state index contributed by atoms with van der Waals surface area (Å²) < 4.78 is 36.3. The van der Waals surface area contributed by atoms with Gasteiger partial charge in [-0.2, -0.15) is 0 Å². The van der Waals surface area contributed by atoms with Crippen molar-refractivity contribution >= 4 is 15.7 Å². The summed E-state index contributed by atoms with van der Waals surface area (Å²) >= 11 is 0. The maximum absolute atomic E-state index is 13.1. The van der Waals surface area contributed by atoms with Crippen LogP contribution in [0, 0.1) is 5.82 Å². The molecule has 0 radical (unpaired) electrons. The summed E-state index contributed by atoms with van der Waals surface area (Å²) in [5.41, 5.74) is 0.967. The Kier molecular flexibility index (Phi) is 5.16. The normalized spacial score (nSPS) is 24.0. The van der Waals surface area contributed by atoms with Gasteiger partial charge < -0.3 is 5.32 Å². The molecule has 0 aromatic heterocycles. The number of hydrogen-bond donors (Lipinski definition) is 1. The number of nitrogens with zero attached hydrogens (tertiary/aromatic N) is 1. The van der Waals surface area contributed by atoms with Crippen molar-refractivity contribution in [1.82, 2.24) is 10.2 Å². The first-order valence-corrected chi connectivity index (χ1v) is 10.6. The number of nitrogens with one attached hydrogen (secondary N) is 1. The van der Waals surface area contributed by atoms with E-state index in [9.17, 15) is 17.6 Å². The number of hydrogen-bond acceptors (Lipinski definition) is 4. The highest BCUT2D eigenvalue weighted by atomic mass is 32.2. The average molecular weight is 368 g/mol. The molecule has 3 rings (SSSR count). The van der Waals surface area contributed by atoms with E-state index in [2.05, 4.69) is 5.32 Å². The fourth-order valence-corrected chi connectivity index (χ4v) is 5.58. The molecule has 1 heterocycles. The number of benzene rings is 1. The van der Waals surface area contributed by atoms with Crippen molar-refractivity contribution in [3.63, 3.8) is 0 Å². The van der Waals surface area contributed by atoms with E-state index in [0.29, 0.717) is 13.0 Å². The molecule has 7 heteroatoms. The number of halogens is 1. The minimum absolute atomic E-state index is 0.0782. The Morgan fingerprint density at radius 2 is 2.00 bits per heavy atom. The van der Waals surface area contributed by atoms with Gasteiger partial charge in [0.15, 0.2) is 9.84 Å². The molecule has 1 atom stereocenters. The van der Waals surface area contributed by atoms with Crippen LogP contribution in [0.5, 0.6) is 0 Å². The molecule has 2 aliphatic rings. The molecule has 1 aliphatic carbocycles. The zero-order valence-electron chi connectivity index (χ0n) is 14.5. The summed E-state index contributed by atoms with van der Waals surface area (Å²) in [4.78, 5) is 14.1. The molecule has 0 unspecified atom stereocenters. The summed E-state index contributed by atoms with van der Waals surface area (Å²) in [6.07, 6.45) is 3.66. The zero-order valence-corrected chi connectivity index (χ0v) is 15.3. The Bertz CT molecular complexity index is 729. The molecular weight excluding hydrogens is 343 g/mol. The van der Waals surface area contributed by atoms with Crippen molar-refractivity contribution in [2.24, 2.45) is 0 Å². The summed E-state index contributed by atoms with van der Waals surface area (Å²) in [5, 5.41) is 2.99. The van der Waals surface area contributed by atoms with Gasteiger partial charge in [-0.1, -0.05) is 18.6 Å². The maximum Gasteiger partial charge on any atom is 0.234 e. The highest BCUT2D eigenvalue weighted by Crippen LogP contribution is 2.43. The van der Waals surface area contributed by atoms with Gasteiger partial charge in [-0.3, -0.25) is 9.69 Å². The van der Waals surface area contributed by atoms with E-state index >= 15 is 0 Å². The molecule has 1 aromatic rings. The lowest BCUT2D eigenvalue weighted by Crippen LogP contribution is -2.48. The molecule has 1 aliphatic heterocycles. The summed E-state index contributed by atoms with van der Waals surface area (Å²) in [5.74, 6) is -0.0104. The van der Waals surface area contributed by atoms with Crippen LogP contribution in [0.15, 0.2) is 24.3 Å². The van der Waals surface area contributed by atoms with Gasteiger partial charge in [0.05, 0.1) is 18.1 Å². The number of sulfone groups is 1. The summed E-state index contributed by atoms with van der Waals surface area (Å²) in [7, 11) is -1.15. The fourth-order valence-electron chi connectivity index (χ4n) is 3.78. The smallest absolute Gasteiger partial charge is 0.234 e. The number of rotatable bonds is 6. The van der Waals surface area contributed by atoms with Gasteiger partial charge in [0, 0.05) is 18.0 Å². The van der Waals surface area contributed by atoms with Gasteiger partial charge in [0.2, 0.25) is 5.91 Å². The van der Waals surface area contributed by atoms with Gasteiger partial charge in [-0.05, 0) is 44.0 Å². The molecule has 5 nitrogen and oxygen atoms in total. The largest absolute Gasteiger partial charge is 0.354 e. The molecule has 1 saturated heterocycles. The van der Waals surface area contributed by atoms with Crippen LogP contribution in [0.1, 0.15) is 31.2 Å². The Morgan fingerprint density at radius 1 is 1.32 bits per heavy atom. The highest BCUT2D eigenvalue weighted by Gasteiger charge is 2.39. The maximum atomic E-state index is 13.1. The second kappa shape index (κ2) is 7.03. The first kappa shape index (κ1) is 18.3. The van der Waals surface area contributed by atoms with Crippen LogP contribution < -0.4 is 5.32 Å².